The van der Waals surface area contributed by atoms with Gasteiger partial charge in [-0.3, -0.25) is 14.5 Å². The lowest BCUT2D eigenvalue weighted by molar-refractivity contribution is -0.227. The molecule has 2 unspecified atom stereocenters. The molecule has 6 rings (SSSR count). The van der Waals surface area contributed by atoms with E-state index in [0.29, 0.717) is 44.7 Å². The first-order valence-electron chi connectivity index (χ1n) is 15.6. The van der Waals surface area contributed by atoms with E-state index in [1.807, 2.05) is 24.3 Å². The Morgan fingerprint density at radius 1 is 1.18 bits per heavy atom. The fraction of sp³-hybridized carbons (Fsp3) is 0.655. The first-order chi connectivity index (χ1) is 20.6. The summed E-state index contributed by atoms with van der Waals surface area (Å²) in [5, 5.41) is 2.65. The van der Waals surface area contributed by atoms with Gasteiger partial charge in [0.25, 0.3) is 0 Å². The summed E-state index contributed by atoms with van der Waals surface area (Å²) in [4.78, 5) is 25.9. The molecule has 0 bridgehead atoms. The van der Waals surface area contributed by atoms with Gasteiger partial charge in [0.15, 0.2) is 30.3 Å². The smallest absolute Gasteiger partial charge is 0.199 e. The van der Waals surface area contributed by atoms with Gasteiger partial charge in [-0.05, 0) is 62.9 Å². The van der Waals surface area contributed by atoms with Crippen LogP contribution in [-0.2, 0) is 39.8 Å². The lowest BCUT2D eigenvalue weighted by Gasteiger charge is -2.43. The lowest BCUT2D eigenvalue weighted by Crippen LogP contribution is -2.57. The first kappa shape index (κ1) is 23.4. The van der Waals surface area contributed by atoms with Crippen LogP contribution in [0.3, 0.4) is 0 Å². The number of nitrogens with zero attached hydrogens (tertiary/aromatic N) is 1. The van der Waals surface area contributed by atoms with Gasteiger partial charge < -0.3 is 33.7 Å². The van der Waals surface area contributed by atoms with Crippen molar-refractivity contribution < 1.29 is 43.5 Å². The number of hydrogen-bond acceptors (Lipinski definition) is 10. The normalized spacial score (nSPS) is 30.6. The number of carbonyl (C=O) groups excluding carboxylic acids is 2. The first-order valence-corrected chi connectivity index (χ1v) is 13.6. The molecule has 39 heavy (non-hydrogen) atoms. The molecular formula is C29H40N2O8. The van der Waals surface area contributed by atoms with Gasteiger partial charge in [0, 0.05) is 21.5 Å². The SMILES string of the molecule is [2H]C1([2H])N(Cc2ccc(OC)cc2)CCC(C(=O)COC2CCCCO2)C12OCCO2.[2H]C1([2H])NCCC2=C1OCC2=O. The van der Waals surface area contributed by atoms with Crippen LogP contribution in [0.2, 0.25) is 0 Å². The van der Waals surface area contributed by atoms with Gasteiger partial charge in [-0.1, -0.05) is 12.1 Å². The van der Waals surface area contributed by atoms with Gasteiger partial charge in [-0.25, -0.2) is 0 Å². The van der Waals surface area contributed by atoms with E-state index >= 15 is 0 Å². The Kier molecular flexibility index (Phi) is 8.00. The van der Waals surface area contributed by atoms with Gasteiger partial charge in [0.1, 0.15) is 18.1 Å². The third-order valence-electron chi connectivity index (χ3n) is 7.31. The molecule has 10 heteroatoms. The molecule has 214 valence electrons. The van der Waals surface area contributed by atoms with Crippen molar-refractivity contribution in [3.8, 4) is 5.75 Å². The summed E-state index contributed by atoms with van der Waals surface area (Å²) in [6.45, 7) is -1.32. The minimum atomic E-state index is -1.98. The van der Waals surface area contributed by atoms with Crippen LogP contribution < -0.4 is 10.1 Å². The third-order valence-corrected chi connectivity index (χ3v) is 7.31. The highest BCUT2D eigenvalue weighted by molar-refractivity contribution is 5.98. The number of carbonyl (C=O) groups is 2. The number of ether oxygens (including phenoxy) is 6. The molecule has 2 atom stereocenters. The second-order valence-corrected chi connectivity index (χ2v) is 9.98. The number of rotatable bonds is 7. The maximum atomic E-state index is 13.1. The standard InChI is InChI=1S/C22H31NO6.C7H9NO2/c1-25-18-7-5-17(6-8-18)14-23-10-9-19(22(16-23)28-12-13-29-22)20(24)15-27-21-4-2-3-11-26-21;9-6-4-10-7-3-8-2-1-5(6)7/h5-8,19,21H,2-4,9-16H2,1H3;8H,1-4H2/i16D2;3D2. The Balaban J connectivity index is 0.000000255. The summed E-state index contributed by atoms with van der Waals surface area (Å²) in [7, 11) is 1.61. The highest BCUT2D eigenvalue weighted by Gasteiger charge is 2.51. The molecule has 0 aliphatic carbocycles. The topological polar surface area (TPSA) is 105 Å². The van der Waals surface area contributed by atoms with Crippen LogP contribution in [0.1, 0.15) is 43.2 Å². The minimum absolute atomic E-state index is 0.00581. The molecule has 0 radical (unpaired) electrons. The summed E-state index contributed by atoms with van der Waals surface area (Å²) >= 11 is 0. The van der Waals surface area contributed by atoms with E-state index in [4.69, 9.17) is 33.9 Å². The van der Waals surface area contributed by atoms with Crippen molar-refractivity contribution in [2.24, 2.45) is 5.92 Å². The molecule has 3 saturated heterocycles. The van der Waals surface area contributed by atoms with Crippen molar-refractivity contribution in [3.05, 3.63) is 41.2 Å². The lowest BCUT2D eigenvalue weighted by atomic mass is 9.86. The van der Waals surface area contributed by atoms with E-state index in [1.54, 1.807) is 12.0 Å². The second-order valence-electron chi connectivity index (χ2n) is 9.98. The fourth-order valence-corrected chi connectivity index (χ4v) is 5.22. The fourth-order valence-electron chi connectivity index (χ4n) is 5.22. The van der Waals surface area contributed by atoms with Crippen LogP contribution in [0.25, 0.3) is 0 Å². The second kappa shape index (κ2) is 13.3. The monoisotopic (exact) mass is 548 g/mol. The molecule has 0 saturated carbocycles. The molecule has 1 aromatic rings. The Morgan fingerprint density at radius 2 is 2.00 bits per heavy atom. The van der Waals surface area contributed by atoms with Crippen molar-refractivity contribution in [1.29, 1.82) is 0 Å². The van der Waals surface area contributed by atoms with E-state index in [-0.39, 0.29) is 50.0 Å². The highest BCUT2D eigenvalue weighted by atomic mass is 16.7. The molecule has 1 spiro atoms. The summed E-state index contributed by atoms with van der Waals surface area (Å²) in [6, 6.07) is 7.52. The zero-order valence-electron chi connectivity index (χ0n) is 26.4. The zero-order valence-corrected chi connectivity index (χ0v) is 22.4. The average molecular weight is 549 g/mol. The molecule has 5 heterocycles. The molecular weight excluding hydrogens is 504 g/mol. The number of likely N-dealkylation sites (tertiary alicyclic amines) is 1. The summed E-state index contributed by atoms with van der Waals surface area (Å²) in [5.74, 6) is -1.71. The van der Waals surface area contributed by atoms with Crippen LogP contribution in [0.4, 0.5) is 0 Å². The van der Waals surface area contributed by atoms with Crippen LogP contribution in [0.5, 0.6) is 5.75 Å². The summed E-state index contributed by atoms with van der Waals surface area (Å²) in [5.41, 5.74) is 1.47. The Hall–Kier alpha value is -2.34. The van der Waals surface area contributed by atoms with Crippen LogP contribution in [-0.4, -0.2) is 94.8 Å². The number of hydrogen-bond donors (Lipinski definition) is 1. The zero-order chi connectivity index (χ0) is 30.7. The van der Waals surface area contributed by atoms with Gasteiger partial charge >= 0.3 is 0 Å². The molecule has 1 aromatic carbocycles. The Bertz CT molecular complexity index is 1180. The van der Waals surface area contributed by atoms with Gasteiger partial charge in [-0.15, -0.1) is 0 Å². The van der Waals surface area contributed by atoms with Crippen molar-refractivity contribution in [3.63, 3.8) is 0 Å². The maximum Gasteiger partial charge on any atom is 0.199 e. The van der Waals surface area contributed by atoms with Gasteiger partial charge in [-0.2, -0.15) is 0 Å². The van der Waals surface area contributed by atoms with Crippen molar-refractivity contribution >= 4 is 11.6 Å². The van der Waals surface area contributed by atoms with E-state index in [1.165, 1.54) is 0 Å². The molecule has 5 aliphatic rings. The van der Waals surface area contributed by atoms with Crippen LogP contribution in [0.15, 0.2) is 35.6 Å². The molecule has 0 amide bonds. The minimum Gasteiger partial charge on any atom is -0.497 e. The quantitative estimate of drug-likeness (QED) is 0.545. The number of piperidine rings is 1. The van der Waals surface area contributed by atoms with E-state index in [0.717, 1.165) is 30.6 Å². The largest absolute Gasteiger partial charge is 0.497 e. The van der Waals surface area contributed by atoms with Crippen molar-refractivity contribution in [2.75, 3.05) is 66.2 Å². The molecule has 1 N–H and O–H groups in total. The predicted molar refractivity (Wildman–Crippen MR) is 141 cm³/mol. The van der Waals surface area contributed by atoms with Crippen LogP contribution in [0, 0.1) is 5.92 Å². The summed E-state index contributed by atoms with van der Waals surface area (Å²) in [6.07, 6.45) is 3.43. The van der Waals surface area contributed by atoms with Crippen molar-refractivity contribution in [1.82, 2.24) is 10.2 Å². The maximum absolute atomic E-state index is 13.1. The van der Waals surface area contributed by atoms with E-state index in [9.17, 15) is 9.59 Å². The van der Waals surface area contributed by atoms with Crippen molar-refractivity contribution in [2.45, 2.75) is 50.7 Å². The number of benzene rings is 1. The van der Waals surface area contributed by atoms with E-state index in [2.05, 4.69) is 5.32 Å². The predicted octanol–water partition coefficient (Wildman–Crippen LogP) is 2.21. The van der Waals surface area contributed by atoms with Gasteiger partial charge in [0.05, 0.1) is 42.0 Å². The highest BCUT2D eigenvalue weighted by Crippen LogP contribution is 2.37. The van der Waals surface area contributed by atoms with Crippen LogP contribution >= 0.6 is 0 Å². The summed E-state index contributed by atoms with van der Waals surface area (Å²) < 4.78 is 65.9. The van der Waals surface area contributed by atoms with E-state index < -0.39 is 24.7 Å². The number of nitrogens with one attached hydrogen (secondary N) is 1. The molecule has 0 aromatic heterocycles. The molecule has 3 fully saturated rings. The molecule has 5 aliphatic heterocycles. The number of methoxy groups -OCH3 is 1. The molecule has 10 nitrogen and oxygen atoms in total. The Morgan fingerprint density at radius 3 is 2.72 bits per heavy atom. The third kappa shape index (κ3) is 7.06. The van der Waals surface area contributed by atoms with Gasteiger partial charge in [0.2, 0.25) is 0 Å². The number of ketones is 2. The number of Topliss-reactive ketones (excluding diaryl/α,β-unsaturated/α-hetero) is 2. The Labute approximate surface area is 235 Å². The average Bonchev–Trinajstić information content (AvgIpc) is 3.65.